The first-order valence-corrected chi connectivity index (χ1v) is 7.55. The van der Waals surface area contributed by atoms with Gasteiger partial charge in [0.05, 0.1) is 19.1 Å². The molecule has 0 spiro atoms. The highest BCUT2D eigenvalue weighted by Gasteiger charge is 2.42. The highest BCUT2D eigenvalue weighted by atomic mass is 79.9. The Labute approximate surface area is 119 Å². The molecule has 0 aromatic rings. The summed E-state index contributed by atoms with van der Waals surface area (Å²) in [4.78, 5) is 11.7. The van der Waals surface area contributed by atoms with Gasteiger partial charge in [-0.1, -0.05) is 15.9 Å². The van der Waals surface area contributed by atoms with Crippen LogP contribution in [-0.4, -0.2) is 37.2 Å². The highest BCUT2D eigenvalue weighted by Crippen LogP contribution is 2.39. The van der Waals surface area contributed by atoms with E-state index in [1.807, 2.05) is 0 Å². The highest BCUT2D eigenvalue weighted by molar-refractivity contribution is 9.09. The number of carbonyl (C=O) groups is 1. The summed E-state index contributed by atoms with van der Waals surface area (Å²) in [6.07, 6.45) is -3.37. The van der Waals surface area contributed by atoms with Crippen LogP contribution in [0.4, 0.5) is 13.2 Å². The molecule has 0 aromatic carbocycles. The van der Waals surface area contributed by atoms with Crippen LogP contribution in [0.3, 0.4) is 0 Å². The number of ether oxygens (including phenoxy) is 1. The Kier molecular flexibility index (Phi) is 7.13. The Morgan fingerprint density at radius 2 is 1.84 bits per heavy atom. The molecule has 0 aliphatic heterocycles. The fourth-order valence-corrected chi connectivity index (χ4v) is 2.46. The van der Waals surface area contributed by atoms with Crippen molar-refractivity contribution in [2.45, 2.75) is 31.9 Å². The molecule has 0 unspecified atom stereocenters. The minimum atomic E-state index is -4.12. The van der Waals surface area contributed by atoms with Crippen LogP contribution in [0.15, 0.2) is 0 Å². The van der Waals surface area contributed by atoms with Crippen LogP contribution in [-0.2, 0) is 9.53 Å². The van der Waals surface area contributed by atoms with E-state index in [2.05, 4.69) is 21.2 Å². The van der Waals surface area contributed by atoms with Crippen LogP contribution < -0.4 is 5.32 Å². The maximum absolute atomic E-state index is 12.5. The summed E-state index contributed by atoms with van der Waals surface area (Å²) in [5, 5.41) is 3.44. The zero-order valence-corrected chi connectivity index (χ0v) is 12.2. The normalized spacial score (nSPS) is 24.2. The third-order valence-corrected chi connectivity index (χ3v) is 3.65. The van der Waals surface area contributed by atoms with Crippen molar-refractivity contribution in [3.05, 3.63) is 0 Å². The number of amides is 1. The second-order valence-electron chi connectivity index (χ2n) is 4.68. The quantitative estimate of drug-likeness (QED) is 0.593. The van der Waals surface area contributed by atoms with Gasteiger partial charge in [0.2, 0.25) is 5.91 Å². The SMILES string of the molecule is O=C(NCCOCCBr)C1CCC(C(F)(F)F)CC1. The summed E-state index contributed by atoms with van der Waals surface area (Å²) in [5.41, 5.74) is 0. The number of halogens is 4. The van der Waals surface area contributed by atoms with Crippen molar-refractivity contribution in [1.82, 2.24) is 5.32 Å². The maximum Gasteiger partial charge on any atom is 0.391 e. The summed E-state index contributed by atoms with van der Waals surface area (Å²) in [5.74, 6) is -1.67. The van der Waals surface area contributed by atoms with Crippen LogP contribution >= 0.6 is 15.9 Å². The van der Waals surface area contributed by atoms with Crippen LogP contribution in [0, 0.1) is 11.8 Å². The molecule has 1 aliphatic carbocycles. The van der Waals surface area contributed by atoms with E-state index in [4.69, 9.17) is 4.74 Å². The lowest BCUT2D eigenvalue weighted by Crippen LogP contribution is -2.37. The van der Waals surface area contributed by atoms with Gasteiger partial charge < -0.3 is 10.1 Å². The largest absolute Gasteiger partial charge is 0.391 e. The number of carbonyl (C=O) groups excluding carboxylic acids is 1. The molecule has 1 N–H and O–H groups in total. The van der Waals surface area contributed by atoms with Gasteiger partial charge in [0.1, 0.15) is 0 Å². The topological polar surface area (TPSA) is 38.3 Å². The van der Waals surface area contributed by atoms with Crippen LogP contribution in [0.1, 0.15) is 25.7 Å². The van der Waals surface area contributed by atoms with E-state index in [-0.39, 0.29) is 24.7 Å². The Bertz CT molecular complexity index is 279. The number of nitrogens with one attached hydrogen (secondary N) is 1. The van der Waals surface area contributed by atoms with Crippen molar-refractivity contribution < 1.29 is 22.7 Å². The van der Waals surface area contributed by atoms with Crippen LogP contribution in [0.2, 0.25) is 0 Å². The molecule has 1 rings (SSSR count). The third-order valence-electron chi connectivity index (χ3n) is 3.33. The van der Waals surface area contributed by atoms with Gasteiger partial charge >= 0.3 is 6.18 Å². The molecular formula is C12H19BrF3NO2. The molecule has 112 valence electrons. The number of alkyl halides is 4. The molecule has 0 bridgehead atoms. The lowest BCUT2D eigenvalue weighted by molar-refractivity contribution is -0.184. The molecule has 0 radical (unpaired) electrons. The minimum absolute atomic E-state index is 0.0572. The van der Waals surface area contributed by atoms with Crippen molar-refractivity contribution in [2.75, 3.05) is 25.1 Å². The Balaban J connectivity index is 2.18. The van der Waals surface area contributed by atoms with Gasteiger partial charge in [-0.25, -0.2) is 0 Å². The fraction of sp³-hybridized carbons (Fsp3) is 0.917. The van der Waals surface area contributed by atoms with Crippen molar-refractivity contribution in [1.29, 1.82) is 0 Å². The summed E-state index contributed by atoms with van der Waals surface area (Å²) in [7, 11) is 0. The minimum Gasteiger partial charge on any atom is -0.379 e. The van der Waals surface area contributed by atoms with Gasteiger partial charge in [-0.3, -0.25) is 4.79 Å². The lowest BCUT2D eigenvalue weighted by atomic mass is 9.81. The van der Waals surface area contributed by atoms with Crippen molar-refractivity contribution in [3.8, 4) is 0 Å². The van der Waals surface area contributed by atoms with Crippen LogP contribution in [0.5, 0.6) is 0 Å². The molecule has 1 saturated carbocycles. The van der Waals surface area contributed by atoms with E-state index >= 15 is 0 Å². The molecule has 7 heteroatoms. The van der Waals surface area contributed by atoms with E-state index < -0.39 is 12.1 Å². The maximum atomic E-state index is 12.5. The Morgan fingerprint density at radius 3 is 2.37 bits per heavy atom. The van der Waals surface area contributed by atoms with Gasteiger partial charge in [-0.15, -0.1) is 0 Å². The van der Waals surface area contributed by atoms with Crippen molar-refractivity contribution in [2.24, 2.45) is 11.8 Å². The smallest absolute Gasteiger partial charge is 0.379 e. The zero-order valence-electron chi connectivity index (χ0n) is 10.6. The summed E-state index contributed by atoms with van der Waals surface area (Å²) in [6, 6.07) is 0. The number of hydrogen-bond donors (Lipinski definition) is 1. The summed E-state index contributed by atoms with van der Waals surface area (Å²) in [6.45, 7) is 1.41. The molecule has 1 aliphatic rings. The predicted molar refractivity (Wildman–Crippen MR) is 69.1 cm³/mol. The summed E-state index contributed by atoms with van der Waals surface area (Å²) < 4.78 is 42.6. The molecule has 0 aromatic heterocycles. The van der Waals surface area contributed by atoms with Gasteiger partial charge in [-0.2, -0.15) is 13.2 Å². The fourth-order valence-electron chi connectivity index (χ4n) is 2.23. The molecule has 19 heavy (non-hydrogen) atoms. The first-order chi connectivity index (χ1) is 8.95. The van der Waals surface area contributed by atoms with E-state index in [0.717, 1.165) is 5.33 Å². The standard InChI is InChI=1S/C12H19BrF3NO2/c13-5-7-19-8-6-17-11(18)9-1-3-10(4-2-9)12(14,15)16/h9-10H,1-8H2,(H,17,18). The molecule has 0 heterocycles. The van der Waals surface area contributed by atoms with Gasteiger partial charge in [0.15, 0.2) is 0 Å². The predicted octanol–water partition coefficient (Wildman–Crippen LogP) is 2.88. The van der Waals surface area contributed by atoms with E-state index in [9.17, 15) is 18.0 Å². The van der Waals surface area contributed by atoms with E-state index in [0.29, 0.717) is 32.6 Å². The molecule has 3 nitrogen and oxygen atoms in total. The monoisotopic (exact) mass is 345 g/mol. The van der Waals surface area contributed by atoms with E-state index in [1.165, 1.54) is 0 Å². The molecular weight excluding hydrogens is 327 g/mol. The summed E-state index contributed by atoms with van der Waals surface area (Å²) >= 11 is 3.21. The Hall–Kier alpha value is -0.300. The third kappa shape index (κ3) is 6.12. The zero-order chi connectivity index (χ0) is 14.3. The van der Waals surface area contributed by atoms with Gasteiger partial charge in [-0.05, 0) is 25.7 Å². The second kappa shape index (κ2) is 8.09. The van der Waals surface area contributed by atoms with Gasteiger partial charge in [0.25, 0.3) is 0 Å². The Morgan fingerprint density at radius 1 is 1.21 bits per heavy atom. The molecule has 0 saturated heterocycles. The molecule has 1 fully saturated rings. The number of hydrogen-bond acceptors (Lipinski definition) is 2. The second-order valence-corrected chi connectivity index (χ2v) is 5.48. The van der Waals surface area contributed by atoms with Gasteiger partial charge in [0, 0.05) is 17.8 Å². The van der Waals surface area contributed by atoms with Crippen molar-refractivity contribution >= 4 is 21.8 Å². The van der Waals surface area contributed by atoms with Crippen LogP contribution in [0.25, 0.3) is 0 Å². The first-order valence-electron chi connectivity index (χ1n) is 6.43. The molecule has 0 atom stereocenters. The lowest BCUT2D eigenvalue weighted by Gasteiger charge is -2.29. The van der Waals surface area contributed by atoms with E-state index in [1.54, 1.807) is 0 Å². The first kappa shape index (κ1) is 16.8. The average Bonchev–Trinajstić information content (AvgIpc) is 2.37. The molecule has 1 amide bonds. The average molecular weight is 346 g/mol. The van der Waals surface area contributed by atoms with Crippen molar-refractivity contribution in [3.63, 3.8) is 0 Å². The number of rotatable bonds is 6.